The van der Waals surface area contributed by atoms with Crippen molar-refractivity contribution >= 4 is 45.8 Å². The molecule has 2 aromatic carbocycles. The quantitative estimate of drug-likeness (QED) is 0.476. The lowest BCUT2D eigenvalue weighted by Crippen LogP contribution is -2.13. The number of nitrogens with one attached hydrogen (secondary N) is 1. The topological polar surface area (TPSA) is 56.1 Å². The molecular formula is C21H18ClN3O2S. The van der Waals surface area contributed by atoms with E-state index in [4.69, 9.17) is 16.3 Å². The van der Waals surface area contributed by atoms with E-state index in [0.29, 0.717) is 22.5 Å². The SMILES string of the molecule is Cc1cc(OCc2csc(C(=O)Nc3nc4ccccc4n3C)c2)ccc1Cl. The number of fused-ring (bicyclic) bond motifs is 1. The molecule has 28 heavy (non-hydrogen) atoms. The Morgan fingerprint density at radius 1 is 1.25 bits per heavy atom. The van der Waals surface area contributed by atoms with Crippen LogP contribution in [0.5, 0.6) is 5.75 Å². The van der Waals surface area contributed by atoms with Gasteiger partial charge in [-0.05, 0) is 54.3 Å². The minimum absolute atomic E-state index is 0.183. The maximum absolute atomic E-state index is 12.6. The summed E-state index contributed by atoms with van der Waals surface area (Å²) in [7, 11) is 1.88. The highest BCUT2D eigenvalue weighted by molar-refractivity contribution is 7.12. The van der Waals surface area contributed by atoms with Crippen LogP contribution in [0, 0.1) is 6.92 Å². The lowest BCUT2D eigenvalue weighted by atomic mass is 10.2. The molecule has 2 aromatic heterocycles. The summed E-state index contributed by atoms with van der Waals surface area (Å²) in [6.45, 7) is 2.32. The van der Waals surface area contributed by atoms with Gasteiger partial charge in [0.2, 0.25) is 5.95 Å². The summed E-state index contributed by atoms with van der Waals surface area (Å²) < 4.78 is 7.67. The van der Waals surface area contributed by atoms with Crippen LogP contribution in [0.3, 0.4) is 0 Å². The van der Waals surface area contributed by atoms with Crippen molar-refractivity contribution in [2.45, 2.75) is 13.5 Å². The molecule has 0 saturated carbocycles. The number of nitrogens with zero attached hydrogens (tertiary/aromatic N) is 2. The van der Waals surface area contributed by atoms with Gasteiger partial charge in [-0.15, -0.1) is 11.3 Å². The van der Waals surface area contributed by atoms with Gasteiger partial charge in [-0.1, -0.05) is 23.7 Å². The molecule has 0 radical (unpaired) electrons. The Balaban J connectivity index is 1.43. The predicted octanol–water partition coefficient (Wildman–Crippen LogP) is 5.43. The molecule has 0 atom stereocenters. The summed E-state index contributed by atoms with van der Waals surface area (Å²) in [6, 6.07) is 15.1. The normalized spacial score (nSPS) is 11.0. The molecule has 0 aliphatic carbocycles. The number of aryl methyl sites for hydroxylation is 2. The summed E-state index contributed by atoms with van der Waals surface area (Å²) in [6.07, 6.45) is 0. The fraction of sp³-hybridized carbons (Fsp3) is 0.143. The van der Waals surface area contributed by atoms with Crippen LogP contribution >= 0.6 is 22.9 Å². The number of aromatic nitrogens is 2. The van der Waals surface area contributed by atoms with Crippen LogP contribution in [0.1, 0.15) is 20.8 Å². The molecule has 142 valence electrons. The first-order valence-electron chi connectivity index (χ1n) is 8.70. The minimum Gasteiger partial charge on any atom is -0.489 e. The average molecular weight is 412 g/mol. The van der Waals surface area contributed by atoms with E-state index in [0.717, 1.165) is 27.9 Å². The Kier molecular flexibility index (Phi) is 5.07. The number of amides is 1. The zero-order valence-corrected chi connectivity index (χ0v) is 17.0. The van der Waals surface area contributed by atoms with Gasteiger partial charge in [0.1, 0.15) is 12.4 Å². The van der Waals surface area contributed by atoms with Crippen molar-refractivity contribution in [1.29, 1.82) is 0 Å². The second-order valence-corrected chi connectivity index (χ2v) is 7.77. The van der Waals surface area contributed by atoms with Crippen molar-refractivity contribution in [2.75, 3.05) is 5.32 Å². The van der Waals surface area contributed by atoms with Gasteiger partial charge >= 0.3 is 0 Å². The Bertz CT molecular complexity index is 1170. The number of imidazole rings is 1. The molecule has 0 spiro atoms. The number of rotatable bonds is 5. The third-order valence-electron chi connectivity index (χ3n) is 4.42. The number of hydrogen-bond donors (Lipinski definition) is 1. The zero-order chi connectivity index (χ0) is 19.7. The molecule has 0 unspecified atom stereocenters. The summed E-state index contributed by atoms with van der Waals surface area (Å²) in [5.41, 5.74) is 3.72. The molecule has 0 aliphatic heterocycles. The second-order valence-electron chi connectivity index (χ2n) is 6.46. The number of hydrogen-bond acceptors (Lipinski definition) is 4. The second kappa shape index (κ2) is 7.66. The number of benzene rings is 2. The highest BCUT2D eigenvalue weighted by atomic mass is 35.5. The predicted molar refractivity (Wildman–Crippen MR) is 114 cm³/mol. The molecule has 5 nitrogen and oxygen atoms in total. The van der Waals surface area contributed by atoms with Gasteiger partial charge in [0, 0.05) is 17.6 Å². The van der Waals surface area contributed by atoms with Crippen LogP contribution in [0.4, 0.5) is 5.95 Å². The minimum atomic E-state index is -0.183. The smallest absolute Gasteiger partial charge is 0.268 e. The van der Waals surface area contributed by atoms with Gasteiger partial charge in [0.25, 0.3) is 5.91 Å². The van der Waals surface area contributed by atoms with Gasteiger partial charge in [-0.3, -0.25) is 10.1 Å². The van der Waals surface area contributed by atoms with E-state index in [2.05, 4.69) is 10.3 Å². The summed E-state index contributed by atoms with van der Waals surface area (Å²) >= 11 is 7.41. The van der Waals surface area contributed by atoms with E-state index < -0.39 is 0 Å². The number of carbonyl (C=O) groups excluding carboxylic acids is 1. The van der Waals surface area contributed by atoms with Crippen LogP contribution in [0.15, 0.2) is 53.9 Å². The van der Waals surface area contributed by atoms with Gasteiger partial charge in [-0.25, -0.2) is 4.98 Å². The van der Waals surface area contributed by atoms with Crippen LogP contribution in [-0.4, -0.2) is 15.5 Å². The molecule has 0 bridgehead atoms. The Morgan fingerprint density at radius 2 is 2.07 bits per heavy atom. The van der Waals surface area contributed by atoms with Gasteiger partial charge in [0.15, 0.2) is 0 Å². The largest absolute Gasteiger partial charge is 0.489 e. The standard InChI is InChI=1S/C21H18ClN3O2S/c1-13-9-15(7-8-16(13)22)27-11-14-10-19(28-12-14)20(26)24-21-23-17-5-3-4-6-18(17)25(21)2/h3-10,12H,11H2,1-2H3,(H,23,24,26). The molecule has 2 heterocycles. The van der Waals surface area contributed by atoms with Crippen molar-refractivity contribution in [1.82, 2.24) is 9.55 Å². The first-order valence-corrected chi connectivity index (χ1v) is 9.96. The maximum atomic E-state index is 12.6. The van der Waals surface area contributed by atoms with Crippen molar-refractivity contribution in [2.24, 2.45) is 7.05 Å². The lowest BCUT2D eigenvalue weighted by molar-refractivity contribution is 0.102. The monoisotopic (exact) mass is 411 g/mol. The third kappa shape index (κ3) is 3.74. The van der Waals surface area contributed by atoms with Gasteiger partial charge < -0.3 is 9.30 Å². The summed E-state index contributed by atoms with van der Waals surface area (Å²) in [5, 5.41) is 5.52. The van der Waals surface area contributed by atoms with E-state index in [-0.39, 0.29) is 5.91 Å². The van der Waals surface area contributed by atoms with Crippen molar-refractivity contribution in [3.05, 3.63) is 74.9 Å². The Hall–Kier alpha value is -2.83. The maximum Gasteiger partial charge on any atom is 0.268 e. The number of carbonyl (C=O) groups is 1. The van der Waals surface area contributed by atoms with E-state index in [1.54, 1.807) is 0 Å². The molecule has 4 rings (SSSR count). The van der Waals surface area contributed by atoms with E-state index in [9.17, 15) is 4.79 Å². The van der Waals surface area contributed by atoms with Gasteiger partial charge in [0.05, 0.1) is 15.9 Å². The molecule has 7 heteroatoms. The van der Waals surface area contributed by atoms with Crippen LogP contribution < -0.4 is 10.1 Å². The summed E-state index contributed by atoms with van der Waals surface area (Å²) in [5.74, 6) is 1.09. The Labute approximate surface area is 171 Å². The molecule has 1 N–H and O–H groups in total. The fourth-order valence-electron chi connectivity index (χ4n) is 2.86. The fourth-order valence-corrected chi connectivity index (χ4v) is 3.77. The molecule has 0 fully saturated rings. The van der Waals surface area contributed by atoms with E-state index >= 15 is 0 Å². The van der Waals surface area contributed by atoms with E-state index in [1.807, 2.05) is 72.4 Å². The van der Waals surface area contributed by atoms with Crippen LogP contribution in [0.2, 0.25) is 5.02 Å². The highest BCUT2D eigenvalue weighted by Crippen LogP contribution is 2.24. The number of ether oxygens (including phenoxy) is 1. The third-order valence-corrected chi connectivity index (χ3v) is 5.83. The van der Waals surface area contributed by atoms with Crippen molar-refractivity contribution < 1.29 is 9.53 Å². The molecule has 0 aliphatic rings. The first kappa shape index (κ1) is 18.5. The van der Waals surface area contributed by atoms with E-state index in [1.165, 1.54) is 11.3 Å². The van der Waals surface area contributed by atoms with Crippen LogP contribution in [0.25, 0.3) is 11.0 Å². The Morgan fingerprint density at radius 3 is 2.86 bits per heavy atom. The van der Waals surface area contributed by atoms with Gasteiger partial charge in [-0.2, -0.15) is 0 Å². The summed E-state index contributed by atoms with van der Waals surface area (Å²) in [4.78, 5) is 17.7. The molecule has 4 aromatic rings. The average Bonchev–Trinajstić information content (AvgIpc) is 3.28. The number of anilines is 1. The molecule has 0 saturated heterocycles. The first-order chi connectivity index (χ1) is 13.5. The zero-order valence-electron chi connectivity index (χ0n) is 15.4. The number of halogens is 1. The highest BCUT2D eigenvalue weighted by Gasteiger charge is 2.14. The lowest BCUT2D eigenvalue weighted by Gasteiger charge is -2.06. The number of para-hydroxylation sites is 2. The van der Waals surface area contributed by atoms with Crippen LogP contribution in [-0.2, 0) is 13.7 Å². The molecular weight excluding hydrogens is 394 g/mol. The van der Waals surface area contributed by atoms with Crippen molar-refractivity contribution in [3.8, 4) is 5.75 Å². The van der Waals surface area contributed by atoms with Crippen molar-refractivity contribution in [3.63, 3.8) is 0 Å². The number of thiophene rings is 1. The molecule has 1 amide bonds.